The number of pyridine rings is 1. The number of carbonyl (C=O) groups is 2. The minimum absolute atomic E-state index is 0.180. The predicted molar refractivity (Wildman–Crippen MR) is 89.4 cm³/mol. The van der Waals surface area contributed by atoms with Crippen LogP contribution in [0, 0.1) is 0 Å². The second-order valence-electron chi connectivity index (χ2n) is 5.59. The number of carbonyl (C=O) groups excluding carboxylic acids is 2. The summed E-state index contributed by atoms with van der Waals surface area (Å²) < 4.78 is 4.34. The quantitative estimate of drug-likeness (QED) is 0.903. The van der Waals surface area contributed by atoms with E-state index in [1.165, 1.54) is 6.92 Å². The molecule has 0 spiro atoms. The number of anilines is 1. The zero-order valence-electron chi connectivity index (χ0n) is 12.8. The molecule has 0 saturated heterocycles. The van der Waals surface area contributed by atoms with Gasteiger partial charge in [-0.25, -0.2) is 0 Å². The van der Waals surface area contributed by atoms with Crippen LogP contribution in [0.1, 0.15) is 42.3 Å². The van der Waals surface area contributed by atoms with Crippen molar-refractivity contribution < 1.29 is 9.59 Å². The summed E-state index contributed by atoms with van der Waals surface area (Å²) in [4.78, 5) is 28.7. The normalized spacial score (nSPS) is 14.7. The molecule has 2 aromatic heterocycles. The summed E-state index contributed by atoms with van der Waals surface area (Å²) in [5, 5.41) is 5.77. The molecule has 1 aliphatic rings. The molecule has 1 fully saturated rings. The molecule has 0 aliphatic heterocycles. The zero-order chi connectivity index (χ0) is 16.2. The van der Waals surface area contributed by atoms with Crippen molar-refractivity contribution in [2.45, 2.75) is 38.6 Å². The standard InChI is InChI=1S/C16H18N4O2S/c1-10(21)18-14-13(12-8-4-5-9-17-12)20-23-15(14)16(22)19-11-6-2-3-7-11/h4-5,8-9,11H,2-3,6-7H2,1H3,(H,18,21)(H,19,22). The van der Waals surface area contributed by atoms with Gasteiger partial charge in [-0.3, -0.25) is 14.6 Å². The molecular formula is C16H18N4O2S. The van der Waals surface area contributed by atoms with E-state index >= 15 is 0 Å². The molecule has 2 N–H and O–H groups in total. The molecule has 0 aromatic carbocycles. The first-order valence-electron chi connectivity index (χ1n) is 7.64. The summed E-state index contributed by atoms with van der Waals surface area (Å²) in [6, 6.07) is 5.67. The highest BCUT2D eigenvalue weighted by molar-refractivity contribution is 7.09. The second-order valence-corrected chi connectivity index (χ2v) is 6.36. The maximum absolute atomic E-state index is 12.5. The first kappa shape index (κ1) is 15.6. The third kappa shape index (κ3) is 3.56. The number of hydrogen-bond donors (Lipinski definition) is 2. The summed E-state index contributed by atoms with van der Waals surface area (Å²) in [6.45, 7) is 1.42. The van der Waals surface area contributed by atoms with Crippen molar-refractivity contribution in [3.8, 4) is 11.4 Å². The highest BCUT2D eigenvalue weighted by Crippen LogP contribution is 2.32. The van der Waals surface area contributed by atoms with Crippen molar-refractivity contribution in [2.24, 2.45) is 0 Å². The molecule has 2 amide bonds. The largest absolute Gasteiger partial charge is 0.348 e. The van der Waals surface area contributed by atoms with Gasteiger partial charge in [-0.15, -0.1) is 0 Å². The number of aromatic nitrogens is 2. The van der Waals surface area contributed by atoms with Crippen LogP contribution in [0.4, 0.5) is 5.69 Å². The van der Waals surface area contributed by atoms with Crippen molar-refractivity contribution in [1.82, 2.24) is 14.7 Å². The van der Waals surface area contributed by atoms with Crippen LogP contribution in [-0.4, -0.2) is 27.2 Å². The van der Waals surface area contributed by atoms with Gasteiger partial charge in [0, 0.05) is 19.2 Å². The summed E-state index contributed by atoms with van der Waals surface area (Å²) in [5.74, 6) is -0.419. The van der Waals surface area contributed by atoms with E-state index in [1.54, 1.807) is 12.3 Å². The topological polar surface area (TPSA) is 84.0 Å². The molecule has 0 atom stereocenters. The average molecular weight is 330 g/mol. The Bertz CT molecular complexity index is 708. The summed E-state index contributed by atoms with van der Waals surface area (Å²) in [6.07, 6.45) is 5.96. The lowest BCUT2D eigenvalue weighted by Crippen LogP contribution is -2.32. The fourth-order valence-electron chi connectivity index (χ4n) is 2.74. The lowest BCUT2D eigenvalue weighted by atomic mass is 10.2. The fraction of sp³-hybridized carbons (Fsp3) is 0.375. The highest BCUT2D eigenvalue weighted by atomic mass is 32.1. The lowest BCUT2D eigenvalue weighted by molar-refractivity contribution is -0.114. The van der Waals surface area contributed by atoms with Crippen LogP contribution in [0.15, 0.2) is 24.4 Å². The Morgan fingerprint density at radius 2 is 2.04 bits per heavy atom. The molecule has 1 aliphatic carbocycles. The third-order valence-corrected chi connectivity index (χ3v) is 4.64. The Balaban J connectivity index is 1.91. The molecule has 23 heavy (non-hydrogen) atoms. The third-order valence-electron chi connectivity index (χ3n) is 3.80. The van der Waals surface area contributed by atoms with Gasteiger partial charge in [0.1, 0.15) is 10.6 Å². The van der Waals surface area contributed by atoms with Crippen LogP contribution >= 0.6 is 11.5 Å². The Kier molecular flexibility index (Phi) is 4.66. The molecule has 1 saturated carbocycles. The van der Waals surface area contributed by atoms with Crippen molar-refractivity contribution in [3.05, 3.63) is 29.3 Å². The highest BCUT2D eigenvalue weighted by Gasteiger charge is 2.25. The maximum Gasteiger partial charge on any atom is 0.265 e. The zero-order valence-corrected chi connectivity index (χ0v) is 13.7. The van der Waals surface area contributed by atoms with Crippen LogP contribution in [-0.2, 0) is 4.79 Å². The van der Waals surface area contributed by atoms with E-state index in [0.29, 0.717) is 22.0 Å². The average Bonchev–Trinajstić information content (AvgIpc) is 3.17. The van der Waals surface area contributed by atoms with Crippen molar-refractivity contribution in [2.75, 3.05) is 5.32 Å². The van der Waals surface area contributed by atoms with Crippen LogP contribution in [0.2, 0.25) is 0 Å². The van der Waals surface area contributed by atoms with Gasteiger partial charge in [-0.05, 0) is 36.5 Å². The van der Waals surface area contributed by atoms with Gasteiger partial charge in [-0.1, -0.05) is 18.9 Å². The van der Waals surface area contributed by atoms with Gasteiger partial charge in [0.15, 0.2) is 0 Å². The predicted octanol–water partition coefficient (Wildman–Crippen LogP) is 2.84. The summed E-state index contributed by atoms with van der Waals surface area (Å²) in [7, 11) is 0. The number of rotatable bonds is 4. The molecule has 3 rings (SSSR count). The molecule has 0 radical (unpaired) electrons. The number of amides is 2. The van der Waals surface area contributed by atoms with Crippen LogP contribution in [0.5, 0.6) is 0 Å². The number of nitrogens with zero attached hydrogens (tertiary/aromatic N) is 2. The van der Waals surface area contributed by atoms with E-state index in [4.69, 9.17) is 0 Å². The Labute approximate surface area is 138 Å². The van der Waals surface area contributed by atoms with E-state index < -0.39 is 0 Å². The van der Waals surface area contributed by atoms with Gasteiger partial charge in [0.25, 0.3) is 5.91 Å². The second kappa shape index (κ2) is 6.87. The molecule has 2 heterocycles. The van der Waals surface area contributed by atoms with Gasteiger partial charge in [-0.2, -0.15) is 4.37 Å². The Hall–Kier alpha value is -2.28. The first-order chi connectivity index (χ1) is 11.1. The van der Waals surface area contributed by atoms with Crippen LogP contribution < -0.4 is 10.6 Å². The van der Waals surface area contributed by atoms with Gasteiger partial charge >= 0.3 is 0 Å². The van der Waals surface area contributed by atoms with Crippen molar-refractivity contribution >= 4 is 29.0 Å². The van der Waals surface area contributed by atoms with Gasteiger partial charge in [0.05, 0.1) is 11.4 Å². The van der Waals surface area contributed by atoms with Crippen molar-refractivity contribution in [3.63, 3.8) is 0 Å². The van der Waals surface area contributed by atoms with Gasteiger partial charge < -0.3 is 10.6 Å². The molecule has 120 valence electrons. The van der Waals surface area contributed by atoms with Crippen molar-refractivity contribution in [1.29, 1.82) is 0 Å². The maximum atomic E-state index is 12.5. The first-order valence-corrected chi connectivity index (χ1v) is 8.42. The minimum Gasteiger partial charge on any atom is -0.348 e. The van der Waals surface area contributed by atoms with Crippen LogP contribution in [0.3, 0.4) is 0 Å². The smallest absolute Gasteiger partial charge is 0.265 e. The Morgan fingerprint density at radius 3 is 2.70 bits per heavy atom. The monoisotopic (exact) mass is 330 g/mol. The number of nitrogens with one attached hydrogen (secondary N) is 2. The molecule has 7 heteroatoms. The summed E-state index contributed by atoms with van der Waals surface area (Å²) in [5.41, 5.74) is 1.60. The van der Waals surface area contributed by atoms with Gasteiger partial charge in [0.2, 0.25) is 5.91 Å². The summed E-state index contributed by atoms with van der Waals surface area (Å²) >= 11 is 1.09. The van der Waals surface area contributed by atoms with E-state index in [9.17, 15) is 9.59 Å². The lowest BCUT2D eigenvalue weighted by Gasteiger charge is -2.12. The SMILES string of the molecule is CC(=O)Nc1c(-c2ccccn2)nsc1C(=O)NC1CCCC1. The van der Waals surface area contributed by atoms with E-state index in [-0.39, 0.29) is 17.9 Å². The molecule has 2 aromatic rings. The molecular weight excluding hydrogens is 312 g/mol. The number of hydrogen-bond acceptors (Lipinski definition) is 5. The van der Waals surface area contributed by atoms with E-state index in [0.717, 1.165) is 37.2 Å². The minimum atomic E-state index is -0.239. The van der Waals surface area contributed by atoms with E-state index in [1.807, 2.05) is 12.1 Å². The van der Waals surface area contributed by atoms with E-state index in [2.05, 4.69) is 20.0 Å². The Morgan fingerprint density at radius 1 is 1.26 bits per heavy atom. The molecule has 6 nitrogen and oxygen atoms in total. The molecule has 0 bridgehead atoms. The van der Waals surface area contributed by atoms with Crippen LogP contribution in [0.25, 0.3) is 11.4 Å². The molecule has 0 unspecified atom stereocenters. The fourth-order valence-corrected chi connectivity index (χ4v) is 3.48.